The number of Topliss-reactive ketones (excluding diaryl/α,β-unsaturated/α-hetero) is 1. The first kappa shape index (κ1) is 20.9. The third-order valence-corrected chi connectivity index (χ3v) is 6.24. The molecule has 1 aliphatic carbocycles. The summed E-state index contributed by atoms with van der Waals surface area (Å²) >= 11 is 0. The lowest BCUT2D eigenvalue weighted by Gasteiger charge is -2.35. The first-order chi connectivity index (χ1) is 16.0. The summed E-state index contributed by atoms with van der Waals surface area (Å²) in [5, 5.41) is 18.0. The van der Waals surface area contributed by atoms with Gasteiger partial charge in [-0.05, 0) is 35.7 Å². The molecule has 2 aromatic carbocycles. The number of benzene rings is 2. The molecule has 0 saturated heterocycles. The lowest BCUT2D eigenvalue weighted by atomic mass is 9.77. The molecule has 2 heterocycles. The number of phenolic OH excluding ortho intramolecular Hbond substituents is 1. The van der Waals surface area contributed by atoms with Crippen molar-refractivity contribution in [1.82, 2.24) is 14.8 Å². The van der Waals surface area contributed by atoms with E-state index in [0.29, 0.717) is 35.2 Å². The maximum Gasteiger partial charge on any atom is 0.226 e. The molecule has 9 heteroatoms. The molecular weight excluding hydrogens is 424 g/mol. The van der Waals surface area contributed by atoms with E-state index in [-0.39, 0.29) is 23.9 Å². The summed E-state index contributed by atoms with van der Waals surface area (Å²) in [4.78, 5) is 17.9. The Morgan fingerprint density at radius 1 is 1.06 bits per heavy atom. The smallest absolute Gasteiger partial charge is 0.226 e. The fourth-order valence-electron chi connectivity index (χ4n) is 4.77. The summed E-state index contributed by atoms with van der Waals surface area (Å²) < 4.78 is 18.2. The summed E-state index contributed by atoms with van der Waals surface area (Å²) in [5.41, 5.74) is 2.92. The Hall–Kier alpha value is -4.01. The largest absolute Gasteiger partial charge is 0.508 e. The number of para-hydroxylation sites is 1. The van der Waals surface area contributed by atoms with E-state index in [4.69, 9.17) is 14.2 Å². The molecule has 0 saturated carbocycles. The van der Waals surface area contributed by atoms with Gasteiger partial charge in [0.05, 0.1) is 21.3 Å². The minimum atomic E-state index is -0.509. The zero-order valence-electron chi connectivity index (χ0n) is 18.5. The van der Waals surface area contributed by atoms with E-state index in [0.717, 1.165) is 16.8 Å². The predicted octanol–water partition coefficient (Wildman–Crippen LogP) is 3.43. The number of methoxy groups -OCH3 is 3. The molecule has 2 unspecified atom stereocenters. The number of aromatic hydroxyl groups is 1. The van der Waals surface area contributed by atoms with Crippen molar-refractivity contribution >= 4 is 11.7 Å². The number of ether oxygens (including phenoxy) is 3. The van der Waals surface area contributed by atoms with Gasteiger partial charge in [0, 0.05) is 23.6 Å². The van der Waals surface area contributed by atoms with Crippen molar-refractivity contribution in [2.75, 3.05) is 26.6 Å². The van der Waals surface area contributed by atoms with E-state index in [1.165, 1.54) is 6.33 Å². The molecule has 0 bridgehead atoms. The predicted molar refractivity (Wildman–Crippen MR) is 120 cm³/mol. The van der Waals surface area contributed by atoms with E-state index in [9.17, 15) is 9.90 Å². The van der Waals surface area contributed by atoms with Crippen LogP contribution < -0.4 is 19.5 Å². The van der Waals surface area contributed by atoms with Crippen molar-refractivity contribution in [2.24, 2.45) is 0 Å². The normalized spacial score (nSPS) is 19.4. The van der Waals surface area contributed by atoms with E-state index in [1.807, 2.05) is 24.3 Å². The Morgan fingerprint density at radius 3 is 2.45 bits per heavy atom. The fraction of sp³-hybridized carbons (Fsp3) is 0.292. The average molecular weight is 448 g/mol. The highest BCUT2D eigenvalue weighted by molar-refractivity contribution is 6.00. The number of allylic oxidation sites excluding steroid dienone is 2. The highest BCUT2D eigenvalue weighted by atomic mass is 16.5. The summed E-state index contributed by atoms with van der Waals surface area (Å²) in [6, 6.07) is 10.3. The zero-order valence-corrected chi connectivity index (χ0v) is 18.5. The van der Waals surface area contributed by atoms with Crippen LogP contribution in [0, 0.1) is 0 Å². The number of hydrogen-bond donors (Lipinski definition) is 2. The first-order valence-corrected chi connectivity index (χ1v) is 10.6. The number of aromatic nitrogens is 3. The number of nitrogens with one attached hydrogen (secondary N) is 1. The SMILES string of the molecule is COc1cc(C2C3=C(CC(c4ccccc4O)CC3=O)Nc3ncnn32)cc(OC)c1OC. The molecule has 9 nitrogen and oxygen atoms in total. The summed E-state index contributed by atoms with van der Waals surface area (Å²) in [6.45, 7) is 0. The number of hydrogen-bond acceptors (Lipinski definition) is 8. The van der Waals surface area contributed by atoms with Gasteiger partial charge in [-0.15, -0.1) is 0 Å². The van der Waals surface area contributed by atoms with Gasteiger partial charge in [-0.2, -0.15) is 10.1 Å². The van der Waals surface area contributed by atoms with Crippen LogP contribution in [-0.4, -0.2) is 47.0 Å². The second-order valence-corrected chi connectivity index (χ2v) is 7.99. The summed E-state index contributed by atoms with van der Waals surface area (Å²) in [7, 11) is 4.65. The van der Waals surface area contributed by atoms with E-state index < -0.39 is 6.04 Å². The molecule has 1 aliphatic heterocycles. The standard InChI is InChI=1S/C24H24N4O5/c1-31-19-10-14(11-20(32-2)23(19)33-3)22-21-16(27-24-25-12-26-28(22)24)8-13(9-18(21)30)15-6-4-5-7-17(15)29/h4-7,10-13,22,29H,8-9H2,1-3H3,(H,25,26,27). The Balaban J connectivity index is 1.64. The van der Waals surface area contributed by atoms with Crippen molar-refractivity contribution in [3.8, 4) is 23.0 Å². The molecule has 2 atom stereocenters. The molecular formula is C24H24N4O5. The molecule has 0 fully saturated rings. The topological polar surface area (TPSA) is 108 Å². The van der Waals surface area contributed by atoms with Crippen molar-refractivity contribution in [1.29, 1.82) is 0 Å². The van der Waals surface area contributed by atoms with Gasteiger partial charge in [-0.1, -0.05) is 18.2 Å². The van der Waals surface area contributed by atoms with E-state index in [1.54, 1.807) is 38.1 Å². The highest BCUT2D eigenvalue weighted by Crippen LogP contribution is 2.47. The van der Waals surface area contributed by atoms with Crippen LogP contribution in [-0.2, 0) is 4.79 Å². The number of ketones is 1. The van der Waals surface area contributed by atoms with Crippen LogP contribution in [0.3, 0.4) is 0 Å². The lowest BCUT2D eigenvalue weighted by molar-refractivity contribution is -0.116. The van der Waals surface area contributed by atoms with Gasteiger partial charge in [-0.3, -0.25) is 4.79 Å². The zero-order chi connectivity index (χ0) is 23.1. The van der Waals surface area contributed by atoms with Crippen LogP contribution in [0.25, 0.3) is 0 Å². The van der Waals surface area contributed by atoms with E-state index in [2.05, 4.69) is 15.4 Å². The van der Waals surface area contributed by atoms with Gasteiger partial charge < -0.3 is 24.6 Å². The monoisotopic (exact) mass is 448 g/mol. The van der Waals surface area contributed by atoms with Crippen molar-refractivity contribution in [3.05, 3.63) is 65.1 Å². The van der Waals surface area contributed by atoms with Gasteiger partial charge in [-0.25, -0.2) is 4.68 Å². The Bertz CT molecular complexity index is 1240. The van der Waals surface area contributed by atoms with Gasteiger partial charge in [0.1, 0.15) is 18.1 Å². The molecule has 170 valence electrons. The molecule has 5 rings (SSSR count). The Morgan fingerprint density at radius 2 is 1.79 bits per heavy atom. The highest BCUT2D eigenvalue weighted by Gasteiger charge is 2.40. The molecule has 3 aromatic rings. The number of nitrogens with zero attached hydrogens (tertiary/aromatic N) is 3. The summed E-state index contributed by atoms with van der Waals surface area (Å²) in [5.74, 6) is 2.03. The minimum absolute atomic E-state index is 0.0168. The number of rotatable bonds is 5. The third-order valence-electron chi connectivity index (χ3n) is 6.24. The number of carbonyl (C=O) groups is 1. The number of fused-ring (bicyclic) bond motifs is 1. The molecule has 0 spiro atoms. The quantitative estimate of drug-likeness (QED) is 0.611. The summed E-state index contributed by atoms with van der Waals surface area (Å²) in [6.07, 6.45) is 2.30. The third kappa shape index (κ3) is 3.36. The lowest BCUT2D eigenvalue weighted by Crippen LogP contribution is -2.33. The van der Waals surface area contributed by atoms with Crippen LogP contribution >= 0.6 is 0 Å². The van der Waals surface area contributed by atoms with Crippen LogP contribution in [0.2, 0.25) is 0 Å². The molecule has 0 radical (unpaired) electrons. The van der Waals surface area contributed by atoms with Gasteiger partial charge in [0.25, 0.3) is 0 Å². The van der Waals surface area contributed by atoms with Crippen molar-refractivity contribution in [2.45, 2.75) is 24.8 Å². The number of carbonyl (C=O) groups excluding carboxylic acids is 1. The van der Waals surface area contributed by atoms with Gasteiger partial charge in [0.2, 0.25) is 11.7 Å². The number of phenols is 1. The number of anilines is 1. The molecule has 0 amide bonds. The fourth-order valence-corrected chi connectivity index (χ4v) is 4.77. The van der Waals surface area contributed by atoms with Crippen LogP contribution in [0.5, 0.6) is 23.0 Å². The Labute approximate surface area is 190 Å². The Kier molecular flexibility index (Phi) is 5.16. The van der Waals surface area contributed by atoms with Crippen molar-refractivity contribution < 1.29 is 24.1 Å². The second kappa shape index (κ2) is 8.16. The molecule has 1 aromatic heterocycles. The second-order valence-electron chi connectivity index (χ2n) is 7.99. The maximum absolute atomic E-state index is 13.5. The minimum Gasteiger partial charge on any atom is -0.508 e. The van der Waals surface area contributed by atoms with Gasteiger partial charge in [0.15, 0.2) is 17.3 Å². The van der Waals surface area contributed by atoms with Crippen LogP contribution in [0.1, 0.15) is 35.9 Å². The molecule has 2 N–H and O–H groups in total. The van der Waals surface area contributed by atoms with E-state index >= 15 is 0 Å². The van der Waals surface area contributed by atoms with Gasteiger partial charge >= 0.3 is 0 Å². The maximum atomic E-state index is 13.5. The average Bonchev–Trinajstić information content (AvgIpc) is 3.30. The first-order valence-electron chi connectivity index (χ1n) is 10.6. The van der Waals surface area contributed by atoms with Crippen molar-refractivity contribution in [3.63, 3.8) is 0 Å². The molecule has 2 aliphatic rings. The van der Waals surface area contributed by atoms with Crippen LogP contribution in [0.15, 0.2) is 54.0 Å². The molecule has 33 heavy (non-hydrogen) atoms. The van der Waals surface area contributed by atoms with Crippen LogP contribution in [0.4, 0.5) is 5.95 Å².